The Morgan fingerprint density at radius 3 is 1.81 bits per heavy atom. The number of rotatable bonds is 4. The maximum atomic E-state index is 4.80. The normalized spacial score (nSPS) is 13.1. The molecule has 0 bridgehead atoms. The standard InChI is InChI=1S/C45H32N2/c1-45(2)39-17-9-8-14-33(39)34-22-20-31(27-40(34)45)44-36-16-7-6-15-35(36)43(29-12-4-3-5-13-29)38-26-30(19-23-37(38)44)32-21-24-42(47-28-32)41-18-10-11-25-46-41/h3-28H,1-2H3. The largest absolute Gasteiger partial charge is 0.255 e. The van der Waals surface area contributed by atoms with Crippen LogP contribution in [0, 0.1) is 0 Å². The molecule has 1 aliphatic rings. The Kier molecular flexibility index (Phi) is 6.20. The summed E-state index contributed by atoms with van der Waals surface area (Å²) in [6.07, 6.45) is 3.78. The van der Waals surface area contributed by atoms with Gasteiger partial charge < -0.3 is 0 Å². The lowest BCUT2D eigenvalue weighted by atomic mass is 9.80. The van der Waals surface area contributed by atoms with Gasteiger partial charge in [0.05, 0.1) is 11.4 Å². The molecule has 1 aliphatic carbocycles. The molecule has 0 unspecified atom stereocenters. The Morgan fingerprint density at radius 1 is 0.404 bits per heavy atom. The van der Waals surface area contributed by atoms with Crippen molar-refractivity contribution in [3.05, 3.63) is 169 Å². The second-order valence-electron chi connectivity index (χ2n) is 13.0. The van der Waals surface area contributed by atoms with Crippen molar-refractivity contribution in [1.82, 2.24) is 9.97 Å². The summed E-state index contributed by atoms with van der Waals surface area (Å²) in [5, 5.41) is 5.00. The fourth-order valence-corrected chi connectivity index (χ4v) is 7.67. The van der Waals surface area contributed by atoms with Crippen LogP contribution in [0.1, 0.15) is 25.0 Å². The summed E-state index contributed by atoms with van der Waals surface area (Å²) in [6.45, 7) is 4.71. The van der Waals surface area contributed by atoms with Gasteiger partial charge in [0.15, 0.2) is 0 Å². The summed E-state index contributed by atoms with van der Waals surface area (Å²) in [5.74, 6) is 0. The number of aromatic nitrogens is 2. The maximum Gasteiger partial charge on any atom is 0.0886 e. The van der Waals surface area contributed by atoms with Gasteiger partial charge in [0.1, 0.15) is 0 Å². The molecule has 47 heavy (non-hydrogen) atoms. The molecule has 9 rings (SSSR count). The van der Waals surface area contributed by atoms with Crippen molar-refractivity contribution >= 4 is 21.5 Å². The van der Waals surface area contributed by atoms with Gasteiger partial charge in [-0.1, -0.05) is 129 Å². The zero-order chi connectivity index (χ0) is 31.5. The third-order valence-corrected chi connectivity index (χ3v) is 9.98. The van der Waals surface area contributed by atoms with Crippen LogP contribution in [0.15, 0.2) is 158 Å². The highest BCUT2D eigenvalue weighted by Gasteiger charge is 2.35. The molecule has 0 saturated carbocycles. The lowest BCUT2D eigenvalue weighted by molar-refractivity contribution is 0.660. The summed E-state index contributed by atoms with van der Waals surface area (Å²) in [5.41, 5.74) is 14.4. The van der Waals surface area contributed by atoms with E-state index in [1.54, 1.807) is 0 Å². The summed E-state index contributed by atoms with van der Waals surface area (Å²) in [4.78, 5) is 9.29. The van der Waals surface area contributed by atoms with E-state index in [9.17, 15) is 0 Å². The lowest BCUT2D eigenvalue weighted by Gasteiger charge is -2.23. The molecule has 0 saturated heterocycles. The minimum absolute atomic E-state index is 0.0703. The number of hydrogen-bond donors (Lipinski definition) is 0. The smallest absolute Gasteiger partial charge is 0.0886 e. The van der Waals surface area contributed by atoms with Crippen molar-refractivity contribution in [2.24, 2.45) is 0 Å². The van der Waals surface area contributed by atoms with Gasteiger partial charge in [-0.3, -0.25) is 9.97 Å². The predicted molar refractivity (Wildman–Crippen MR) is 196 cm³/mol. The molecule has 0 fully saturated rings. The molecule has 222 valence electrons. The molecule has 2 aromatic heterocycles. The highest BCUT2D eigenvalue weighted by atomic mass is 14.8. The van der Waals surface area contributed by atoms with E-state index in [1.165, 1.54) is 66.1 Å². The van der Waals surface area contributed by atoms with Gasteiger partial charge in [0, 0.05) is 23.4 Å². The van der Waals surface area contributed by atoms with Gasteiger partial charge in [-0.05, 0) is 102 Å². The van der Waals surface area contributed by atoms with Crippen molar-refractivity contribution in [3.63, 3.8) is 0 Å². The Morgan fingerprint density at radius 2 is 1.04 bits per heavy atom. The third-order valence-electron chi connectivity index (χ3n) is 9.98. The van der Waals surface area contributed by atoms with E-state index in [2.05, 4.69) is 146 Å². The number of benzene rings is 6. The first-order valence-electron chi connectivity index (χ1n) is 16.2. The SMILES string of the molecule is CC1(C)c2ccccc2-c2ccc(-c3c4ccccc4c(-c4ccccc4)c4cc(-c5ccc(-c6ccccn6)nc5)ccc34)cc21. The molecule has 8 aromatic rings. The van der Waals surface area contributed by atoms with E-state index >= 15 is 0 Å². The molecule has 0 aliphatic heterocycles. The molecule has 0 N–H and O–H groups in total. The molecule has 2 heteroatoms. The summed E-state index contributed by atoms with van der Waals surface area (Å²) >= 11 is 0. The topological polar surface area (TPSA) is 25.8 Å². The minimum atomic E-state index is -0.0703. The first kappa shape index (κ1) is 27.5. The van der Waals surface area contributed by atoms with Gasteiger partial charge in [0.2, 0.25) is 0 Å². The van der Waals surface area contributed by atoms with E-state index < -0.39 is 0 Å². The molecule has 6 aromatic carbocycles. The number of nitrogens with zero attached hydrogens (tertiary/aromatic N) is 2. The molecular weight excluding hydrogens is 569 g/mol. The van der Waals surface area contributed by atoms with Crippen LogP contribution in [-0.2, 0) is 5.41 Å². The van der Waals surface area contributed by atoms with E-state index in [4.69, 9.17) is 4.98 Å². The number of pyridine rings is 2. The van der Waals surface area contributed by atoms with Crippen LogP contribution < -0.4 is 0 Å². The van der Waals surface area contributed by atoms with Gasteiger partial charge in [-0.15, -0.1) is 0 Å². The van der Waals surface area contributed by atoms with Crippen molar-refractivity contribution in [2.75, 3.05) is 0 Å². The van der Waals surface area contributed by atoms with Crippen molar-refractivity contribution < 1.29 is 0 Å². The monoisotopic (exact) mass is 600 g/mol. The Hall–Kier alpha value is -5.86. The molecule has 2 heterocycles. The van der Waals surface area contributed by atoms with Crippen LogP contribution in [0.2, 0.25) is 0 Å². The fraction of sp³-hybridized carbons (Fsp3) is 0.0667. The van der Waals surface area contributed by atoms with Crippen molar-refractivity contribution in [3.8, 4) is 55.9 Å². The molecular formula is C45H32N2. The second kappa shape index (κ2) is 10.6. The highest BCUT2D eigenvalue weighted by Crippen LogP contribution is 2.51. The summed E-state index contributed by atoms with van der Waals surface area (Å²) < 4.78 is 0. The highest BCUT2D eigenvalue weighted by molar-refractivity contribution is 6.22. The molecule has 0 radical (unpaired) electrons. The van der Waals surface area contributed by atoms with E-state index in [1.807, 2.05) is 30.6 Å². The number of hydrogen-bond acceptors (Lipinski definition) is 2. The fourth-order valence-electron chi connectivity index (χ4n) is 7.67. The minimum Gasteiger partial charge on any atom is -0.255 e. The predicted octanol–water partition coefficient (Wildman–Crippen LogP) is 11.8. The first-order valence-corrected chi connectivity index (χ1v) is 16.2. The van der Waals surface area contributed by atoms with Crippen LogP contribution >= 0.6 is 0 Å². The quantitative estimate of drug-likeness (QED) is 0.188. The van der Waals surface area contributed by atoms with Crippen molar-refractivity contribution in [2.45, 2.75) is 19.3 Å². The van der Waals surface area contributed by atoms with Crippen LogP contribution in [-0.4, -0.2) is 9.97 Å². The van der Waals surface area contributed by atoms with Crippen LogP contribution in [0.5, 0.6) is 0 Å². The molecule has 0 amide bonds. The second-order valence-corrected chi connectivity index (χ2v) is 13.0. The molecule has 0 spiro atoms. The van der Waals surface area contributed by atoms with Crippen LogP contribution in [0.4, 0.5) is 0 Å². The molecule has 2 nitrogen and oxygen atoms in total. The lowest BCUT2D eigenvalue weighted by Crippen LogP contribution is -2.14. The number of fused-ring (bicyclic) bond motifs is 5. The van der Waals surface area contributed by atoms with Crippen LogP contribution in [0.3, 0.4) is 0 Å². The Balaban J connectivity index is 1.29. The summed E-state index contributed by atoms with van der Waals surface area (Å²) in [7, 11) is 0. The molecule has 0 atom stereocenters. The zero-order valence-corrected chi connectivity index (χ0v) is 26.4. The first-order chi connectivity index (χ1) is 23.1. The third kappa shape index (κ3) is 4.33. The van der Waals surface area contributed by atoms with Gasteiger partial charge in [-0.25, -0.2) is 0 Å². The van der Waals surface area contributed by atoms with Gasteiger partial charge in [0.25, 0.3) is 0 Å². The van der Waals surface area contributed by atoms with Crippen LogP contribution in [0.25, 0.3) is 77.4 Å². The van der Waals surface area contributed by atoms with Gasteiger partial charge in [-0.2, -0.15) is 0 Å². The summed E-state index contributed by atoms with van der Waals surface area (Å²) in [6, 6.07) is 52.8. The van der Waals surface area contributed by atoms with E-state index in [0.717, 1.165) is 22.5 Å². The van der Waals surface area contributed by atoms with Crippen molar-refractivity contribution in [1.29, 1.82) is 0 Å². The Bertz CT molecular complexity index is 2460. The Labute approximate surface area is 275 Å². The van der Waals surface area contributed by atoms with E-state index in [-0.39, 0.29) is 5.41 Å². The average Bonchev–Trinajstić information content (AvgIpc) is 3.36. The maximum absolute atomic E-state index is 4.80. The average molecular weight is 601 g/mol. The van der Waals surface area contributed by atoms with Gasteiger partial charge >= 0.3 is 0 Å². The zero-order valence-electron chi connectivity index (χ0n) is 26.4. The van der Waals surface area contributed by atoms with E-state index in [0.29, 0.717) is 0 Å².